The number of benzene rings is 2. The van der Waals surface area contributed by atoms with Gasteiger partial charge in [-0.2, -0.15) is 0 Å². The number of anilines is 1. The highest BCUT2D eigenvalue weighted by atomic mass is 16.7. The highest BCUT2D eigenvalue weighted by molar-refractivity contribution is 6.39. The van der Waals surface area contributed by atoms with Crippen molar-refractivity contribution in [2.45, 2.75) is 0 Å². The second-order valence-electron chi connectivity index (χ2n) is 6.40. The molecular weight excluding hydrogens is 380 g/mol. The van der Waals surface area contributed by atoms with Gasteiger partial charge < -0.3 is 18.9 Å². The van der Waals surface area contributed by atoms with E-state index >= 15 is 0 Å². The third kappa shape index (κ3) is 2.92. The minimum absolute atomic E-state index is 0.0622. The van der Waals surface area contributed by atoms with E-state index in [1.165, 1.54) is 12.1 Å². The molecule has 2 aromatic carbocycles. The van der Waals surface area contributed by atoms with Crippen molar-refractivity contribution in [1.29, 1.82) is 0 Å². The number of nitrogens with one attached hydrogen (secondary N) is 1. The van der Waals surface area contributed by atoms with E-state index in [-0.39, 0.29) is 18.1 Å². The molecule has 1 N–H and O–H groups in total. The number of rotatable bonds is 2. The molecule has 29 heavy (non-hydrogen) atoms. The lowest BCUT2D eigenvalue weighted by Crippen LogP contribution is -2.54. The van der Waals surface area contributed by atoms with Crippen molar-refractivity contribution < 1.29 is 33.3 Å². The zero-order valence-electron chi connectivity index (χ0n) is 15.0. The Morgan fingerprint density at radius 3 is 2.38 bits per heavy atom. The fraction of sp³-hybridized carbons (Fsp3) is 0.150. The van der Waals surface area contributed by atoms with Crippen LogP contribution in [0.4, 0.5) is 10.5 Å². The van der Waals surface area contributed by atoms with Gasteiger partial charge >= 0.3 is 6.03 Å². The van der Waals surface area contributed by atoms with Crippen LogP contribution in [0.5, 0.6) is 23.0 Å². The number of nitrogens with zero attached hydrogens (tertiary/aromatic N) is 1. The lowest BCUT2D eigenvalue weighted by atomic mass is 10.1. The van der Waals surface area contributed by atoms with Crippen LogP contribution in [-0.4, -0.2) is 37.9 Å². The van der Waals surface area contributed by atoms with Crippen molar-refractivity contribution in [2.75, 3.05) is 24.9 Å². The molecule has 0 bridgehead atoms. The average molecular weight is 394 g/mol. The van der Waals surface area contributed by atoms with Crippen LogP contribution in [0.2, 0.25) is 0 Å². The van der Waals surface area contributed by atoms with Crippen molar-refractivity contribution in [3.8, 4) is 23.0 Å². The Hall–Kier alpha value is -4.01. The van der Waals surface area contributed by atoms with Gasteiger partial charge in [-0.05, 0) is 35.9 Å². The first-order valence-electron chi connectivity index (χ1n) is 8.81. The number of carbonyl (C=O) groups excluding carboxylic acids is 3. The maximum atomic E-state index is 13.0. The predicted molar refractivity (Wildman–Crippen MR) is 99.0 cm³/mol. The van der Waals surface area contributed by atoms with Gasteiger partial charge in [-0.15, -0.1) is 0 Å². The van der Waals surface area contributed by atoms with E-state index in [0.29, 0.717) is 41.8 Å². The number of carbonyl (C=O) groups is 3. The molecule has 3 aliphatic heterocycles. The van der Waals surface area contributed by atoms with Crippen LogP contribution in [0.3, 0.4) is 0 Å². The number of hydrogen-bond donors (Lipinski definition) is 1. The summed E-state index contributed by atoms with van der Waals surface area (Å²) in [4.78, 5) is 38.5. The van der Waals surface area contributed by atoms with Gasteiger partial charge in [0.1, 0.15) is 18.8 Å². The first-order valence-corrected chi connectivity index (χ1v) is 8.81. The first kappa shape index (κ1) is 17.1. The molecule has 9 nitrogen and oxygen atoms in total. The van der Waals surface area contributed by atoms with Gasteiger partial charge in [0.2, 0.25) is 6.79 Å². The van der Waals surface area contributed by atoms with Crippen molar-refractivity contribution >= 4 is 29.6 Å². The Labute approximate surface area is 164 Å². The number of ether oxygens (including phenoxy) is 4. The maximum Gasteiger partial charge on any atom is 0.335 e. The Morgan fingerprint density at radius 2 is 1.52 bits per heavy atom. The molecule has 0 aliphatic carbocycles. The van der Waals surface area contributed by atoms with Gasteiger partial charge in [0.05, 0.1) is 5.69 Å². The van der Waals surface area contributed by atoms with Gasteiger partial charge in [-0.3, -0.25) is 14.9 Å². The second kappa shape index (κ2) is 6.55. The van der Waals surface area contributed by atoms with E-state index in [1.807, 2.05) is 0 Å². The summed E-state index contributed by atoms with van der Waals surface area (Å²) in [7, 11) is 0. The summed E-state index contributed by atoms with van der Waals surface area (Å²) in [6, 6.07) is 8.88. The summed E-state index contributed by atoms with van der Waals surface area (Å²) in [5, 5.41) is 2.19. The number of barbiturate groups is 1. The summed E-state index contributed by atoms with van der Waals surface area (Å²) >= 11 is 0. The van der Waals surface area contributed by atoms with Crippen molar-refractivity contribution in [3.63, 3.8) is 0 Å². The number of urea groups is 1. The quantitative estimate of drug-likeness (QED) is 0.612. The van der Waals surface area contributed by atoms with Gasteiger partial charge in [-0.25, -0.2) is 9.69 Å². The molecule has 9 heteroatoms. The standard InChI is InChI=1S/C20H14N2O7/c23-18-13(7-11-1-3-14-16(8-11)27-6-5-26-14)19(24)22(20(25)21-18)12-2-4-15-17(9-12)29-10-28-15/h1-4,7-9H,5-6,10H2,(H,21,23,25)/b13-7+. The van der Waals surface area contributed by atoms with Crippen LogP contribution >= 0.6 is 0 Å². The first-order chi connectivity index (χ1) is 14.1. The van der Waals surface area contributed by atoms with Crippen LogP contribution in [0.25, 0.3) is 6.08 Å². The summed E-state index contributed by atoms with van der Waals surface area (Å²) in [5.74, 6) is 0.534. The van der Waals surface area contributed by atoms with Gasteiger partial charge in [-0.1, -0.05) is 6.07 Å². The van der Waals surface area contributed by atoms with Crippen molar-refractivity contribution in [1.82, 2.24) is 5.32 Å². The predicted octanol–water partition coefficient (Wildman–Crippen LogP) is 1.85. The second-order valence-corrected chi connectivity index (χ2v) is 6.40. The number of amides is 4. The Bertz CT molecular complexity index is 1090. The fourth-order valence-electron chi connectivity index (χ4n) is 3.23. The normalized spacial score (nSPS) is 18.8. The number of hydrogen-bond acceptors (Lipinski definition) is 7. The topological polar surface area (TPSA) is 103 Å². The molecule has 0 aromatic heterocycles. The van der Waals surface area contributed by atoms with Crippen LogP contribution in [-0.2, 0) is 9.59 Å². The number of fused-ring (bicyclic) bond motifs is 2. The average Bonchev–Trinajstić information content (AvgIpc) is 3.19. The van der Waals surface area contributed by atoms with Crippen molar-refractivity contribution in [3.05, 3.63) is 47.5 Å². The van der Waals surface area contributed by atoms with E-state index < -0.39 is 17.8 Å². The Balaban J connectivity index is 1.50. The van der Waals surface area contributed by atoms with Gasteiger partial charge in [0.25, 0.3) is 11.8 Å². The summed E-state index contributed by atoms with van der Waals surface area (Å²) < 4.78 is 21.5. The molecule has 0 radical (unpaired) electrons. The van der Waals surface area contributed by atoms with Gasteiger partial charge in [0, 0.05) is 6.07 Å². The molecule has 5 rings (SSSR count). The monoisotopic (exact) mass is 394 g/mol. The van der Waals surface area contributed by atoms with E-state index in [9.17, 15) is 14.4 Å². The summed E-state index contributed by atoms with van der Waals surface area (Å²) in [6.45, 7) is 0.937. The lowest BCUT2D eigenvalue weighted by Gasteiger charge is -2.26. The molecular formula is C20H14N2O7. The summed E-state index contributed by atoms with van der Waals surface area (Å²) in [6.07, 6.45) is 1.41. The molecule has 146 valence electrons. The molecule has 0 spiro atoms. The maximum absolute atomic E-state index is 13.0. The summed E-state index contributed by atoms with van der Waals surface area (Å²) in [5.41, 5.74) is 0.643. The number of imide groups is 2. The van der Waals surface area contributed by atoms with E-state index in [1.54, 1.807) is 30.3 Å². The van der Waals surface area contributed by atoms with Crippen LogP contribution in [0.15, 0.2) is 42.0 Å². The van der Waals surface area contributed by atoms with Crippen molar-refractivity contribution in [2.24, 2.45) is 0 Å². The zero-order chi connectivity index (χ0) is 20.0. The molecule has 0 atom stereocenters. The third-order valence-corrected chi connectivity index (χ3v) is 4.59. The van der Waals surface area contributed by atoms with E-state index in [4.69, 9.17) is 18.9 Å². The molecule has 1 saturated heterocycles. The Kier molecular flexibility index (Phi) is 3.87. The molecule has 4 amide bonds. The minimum atomic E-state index is -0.835. The highest BCUT2D eigenvalue weighted by Crippen LogP contribution is 2.36. The Morgan fingerprint density at radius 1 is 0.828 bits per heavy atom. The molecule has 1 fully saturated rings. The minimum Gasteiger partial charge on any atom is -0.486 e. The van der Waals surface area contributed by atoms with Crippen LogP contribution in [0.1, 0.15) is 5.56 Å². The lowest BCUT2D eigenvalue weighted by molar-refractivity contribution is -0.122. The SMILES string of the molecule is O=C1NC(=O)N(c2ccc3c(c2)OCO3)C(=O)/C1=C/c1ccc2c(c1)OCCO2. The smallest absolute Gasteiger partial charge is 0.335 e. The fourth-order valence-corrected chi connectivity index (χ4v) is 3.23. The van der Waals surface area contributed by atoms with Gasteiger partial charge in [0.15, 0.2) is 23.0 Å². The van der Waals surface area contributed by atoms with Crippen LogP contribution in [0, 0.1) is 0 Å². The molecule has 3 heterocycles. The zero-order valence-corrected chi connectivity index (χ0v) is 15.0. The van der Waals surface area contributed by atoms with Crippen LogP contribution < -0.4 is 29.2 Å². The van der Waals surface area contributed by atoms with E-state index in [2.05, 4.69) is 5.32 Å². The third-order valence-electron chi connectivity index (χ3n) is 4.59. The van der Waals surface area contributed by atoms with E-state index in [0.717, 1.165) is 4.90 Å². The molecule has 2 aromatic rings. The molecule has 0 unspecified atom stereocenters. The largest absolute Gasteiger partial charge is 0.486 e. The molecule has 0 saturated carbocycles. The molecule has 3 aliphatic rings. The highest BCUT2D eigenvalue weighted by Gasteiger charge is 2.37.